The minimum absolute atomic E-state index is 0.489. The van der Waals surface area contributed by atoms with Gasteiger partial charge in [0.2, 0.25) is 0 Å². The number of unbranched alkanes of at least 4 members (excludes halogenated alkanes) is 5. The van der Waals surface area contributed by atoms with Gasteiger partial charge in [-0.15, -0.1) is 0 Å². The fourth-order valence-corrected chi connectivity index (χ4v) is 4.22. The molecule has 6 heteroatoms. The number of hydrogen-bond donors (Lipinski definition) is 2. The molecule has 1 aromatic heterocycles. The van der Waals surface area contributed by atoms with Crippen molar-refractivity contribution in [3.8, 4) is 5.75 Å². The Kier molecular flexibility index (Phi) is 7.37. The Morgan fingerprint density at radius 3 is 2.54 bits per heavy atom. The van der Waals surface area contributed by atoms with E-state index in [0.29, 0.717) is 29.4 Å². The van der Waals surface area contributed by atoms with Gasteiger partial charge in [-0.3, -0.25) is 5.41 Å². The normalized spacial score (nSPS) is 11.0. The molecule has 0 fully saturated rings. The van der Waals surface area contributed by atoms with E-state index in [-0.39, 0.29) is 0 Å². The van der Waals surface area contributed by atoms with Gasteiger partial charge in [0.15, 0.2) is 4.80 Å². The Labute approximate surface area is 170 Å². The van der Waals surface area contributed by atoms with Gasteiger partial charge in [-0.05, 0) is 18.1 Å². The van der Waals surface area contributed by atoms with Crippen LogP contribution in [0.5, 0.6) is 5.75 Å². The lowest BCUT2D eigenvalue weighted by atomic mass is 10.1. The molecule has 3 rings (SSSR count). The summed E-state index contributed by atoms with van der Waals surface area (Å²) < 4.78 is 8.92. The summed E-state index contributed by atoms with van der Waals surface area (Å²) in [6.45, 7) is 3.51. The standard InChI is InChI=1S/C22H28N4OS/c1-2-3-4-5-6-10-13-27-20-15-19-21(14-18(20)25-24)28-22(23)26(19)16-17-11-8-7-9-12-17/h7-9,11-12,14-15,23-24H,2-6,10,13,16H2,1H3. The summed E-state index contributed by atoms with van der Waals surface area (Å²) in [6, 6.07) is 14.0. The van der Waals surface area contributed by atoms with Crippen molar-refractivity contribution in [2.45, 2.75) is 52.0 Å². The second-order valence-electron chi connectivity index (χ2n) is 6.99. The quantitative estimate of drug-likeness (QED) is 0.277. The fourth-order valence-electron chi connectivity index (χ4n) is 3.29. The number of fused-ring (bicyclic) bond motifs is 1. The Morgan fingerprint density at radius 1 is 1.04 bits per heavy atom. The van der Waals surface area contributed by atoms with Gasteiger partial charge < -0.3 is 9.30 Å². The highest BCUT2D eigenvalue weighted by molar-refractivity contribution is 7.16. The molecule has 148 valence electrons. The van der Waals surface area contributed by atoms with Crippen molar-refractivity contribution in [1.29, 1.82) is 10.9 Å². The number of ether oxygens (including phenoxy) is 1. The molecule has 0 amide bonds. The number of nitrogens with zero attached hydrogens (tertiary/aromatic N) is 2. The van der Waals surface area contributed by atoms with E-state index in [1.807, 2.05) is 34.9 Å². The van der Waals surface area contributed by atoms with Crippen molar-refractivity contribution in [3.63, 3.8) is 0 Å². The number of nitrogens with one attached hydrogen (secondary N) is 2. The van der Waals surface area contributed by atoms with E-state index in [9.17, 15) is 0 Å². The van der Waals surface area contributed by atoms with E-state index in [1.54, 1.807) is 0 Å². The molecule has 0 saturated heterocycles. The summed E-state index contributed by atoms with van der Waals surface area (Å²) in [6.07, 6.45) is 7.27. The van der Waals surface area contributed by atoms with Crippen molar-refractivity contribution in [2.24, 2.45) is 5.11 Å². The second-order valence-corrected chi connectivity index (χ2v) is 8.03. The average Bonchev–Trinajstić information content (AvgIpc) is 3.01. The summed E-state index contributed by atoms with van der Waals surface area (Å²) in [7, 11) is 0. The van der Waals surface area contributed by atoms with Crippen LogP contribution >= 0.6 is 11.3 Å². The molecule has 0 saturated carbocycles. The third-order valence-electron chi connectivity index (χ3n) is 4.84. The Hall–Kier alpha value is -2.47. The predicted molar refractivity (Wildman–Crippen MR) is 115 cm³/mol. The third-order valence-corrected chi connectivity index (χ3v) is 5.80. The lowest BCUT2D eigenvalue weighted by molar-refractivity contribution is 0.305. The van der Waals surface area contributed by atoms with E-state index in [0.717, 1.165) is 22.2 Å². The molecule has 1 heterocycles. The average molecular weight is 397 g/mol. The molecule has 0 unspecified atom stereocenters. The van der Waals surface area contributed by atoms with Gasteiger partial charge in [0.05, 0.1) is 23.4 Å². The highest BCUT2D eigenvalue weighted by Crippen LogP contribution is 2.34. The highest BCUT2D eigenvalue weighted by atomic mass is 32.1. The fraction of sp³-hybridized carbons (Fsp3) is 0.409. The van der Waals surface area contributed by atoms with Crippen molar-refractivity contribution >= 4 is 27.2 Å². The summed E-state index contributed by atoms with van der Waals surface area (Å²) in [5.74, 6) is 0.635. The molecular weight excluding hydrogens is 368 g/mol. The second kappa shape index (κ2) is 10.2. The monoisotopic (exact) mass is 396 g/mol. The van der Waals surface area contributed by atoms with E-state index in [1.165, 1.54) is 43.4 Å². The number of benzene rings is 2. The van der Waals surface area contributed by atoms with Gasteiger partial charge in [0, 0.05) is 6.07 Å². The maximum absolute atomic E-state index is 8.36. The maximum Gasteiger partial charge on any atom is 0.183 e. The predicted octanol–water partition coefficient (Wildman–Crippen LogP) is 6.63. The molecule has 0 aliphatic carbocycles. The lowest BCUT2D eigenvalue weighted by Crippen LogP contribution is -2.13. The van der Waals surface area contributed by atoms with Crippen LogP contribution in [0.25, 0.3) is 10.2 Å². The SMILES string of the molecule is CCCCCCCCOc1cc2c(cc1N=N)sc(=N)n2Cc1ccccc1. The van der Waals surface area contributed by atoms with Crippen LogP contribution in [-0.4, -0.2) is 11.2 Å². The van der Waals surface area contributed by atoms with Gasteiger partial charge >= 0.3 is 0 Å². The molecule has 0 atom stereocenters. The zero-order chi connectivity index (χ0) is 19.8. The smallest absolute Gasteiger partial charge is 0.183 e. The van der Waals surface area contributed by atoms with Crippen LogP contribution in [0, 0.1) is 10.9 Å². The van der Waals surface area contributed by atoms with Crippen LogP contribution in [0.4, 0.5) is 5.69 Å². The van der Waals surface area contributed by atoms with Gasteiger partial charge in [0.1, 0.15) is 11.4 Å². The first-order valence-electron chi connectivity index (χ1n) is 9.99. The van der Waals surface area contributed by atoms with Crippen molar-refractivity contribution in [2.75, 3.05) is 6.61 Å². The van der Waals surface area contributed by atoms with Crippen LogP contribution in [0.15, 0.2) is 47.6 Å². The van der Waals surface area contributed by atoms with Crippen LogP contribution in [-0.2, 0) is 6.54 Å². The van der Waals surface area contributed by atoms with E-state index in [4.69, 9.17) is 15.7 Å². The molecule has 0 spiro atoms. The van der Waals surface area contributed by atoms with Gasteiger partial charge in [-0.2, -0.15) is 5.11 Å². The first-order valence-corrected chi connectivity index (χ1v) is 10.8. The molecule has 0 aliphatic rings. The molecule has 0 aliphatic heterocycles. The first kappa shape index (κ1) is 20.3. The molecular formula is C22H28N4OS. The summed E-state index contributed by atoms with van der Waals surface area (Å²) in [5, 5.41) is 12.0. The molecule has 0 bridgehead atoms. The van der Waals surface area contributed by atoms with E-state index < -0.39 is 0 Å². The summed E-state index contributed by atoms with van der Waals surface area (Å²) in [5.41, 5.74) is 10.1. The van der Waals surface area contributed by atoms with Crippen molar-refractivity contribution in [1.82, 2.24) is 4.57 Å². The first-order chi connectivity index (χ1) is 13.7. The summed E-state index contributed by atoms with van der Waals surface area (Å²) in [4.78, 5) is 0.489. The Bertz CT molecular complexity index is 962. The minimum Gasteiger partial charge on any atom is -0.491 e. The number of thiazole rings is 1. The summed E-state index contributed by atoms with van der Waals surface area (Å²) >= 11 is 1.41. The molecule has 5 nitrogen and oxygen atoms in total. The van der Waals surface area contributed by atoms with Gasteiger partial charge in [-0.25, -0.2) is 5.53 Å². The van der Waals surface area contributed by atoms with E-state index >= 15 is 0 Å². The highest BCUT2D eigenvalue weighted by Gasteiger charge is 2.12. The Balaban J connectivity index is 1.75. The lowest BCUT2D eigenvalue weighted by Gasteiger charge is -2.10. The van der Waals surface area contributed by atoms with Crippen molar-refractivity contribution < 1.29 is 4.74 Å². The number of hydrogen-bond acceptors (Lipinski definition) is 5. The topological polar surface area (TPSA) is 74.2 Å². The van der Waals surface area contributed by atoms with Gasteiger partial charge in [0.25, 0.3) is 0 Å². The van der Waals surface area contributed by atoms with Crippen LogP contribution < -0.4 is 9.54 Å². The minimum atomic E-state index is 0.489. The molecule has 28 heavy (non-hydrogen) atoms. The van der Waals surface area contributed by atoms with Crippen molar-refractivity contribution in [3.05, 3.63) is 52.8 Å². The third kappa shape index (κ3) is 5.07. The van der Waals surface area contributed by atoms with Crippen LogP contribution in [0.2, 0.25) is 0 Å². The molecule has 3 aromatic rings. The van der Waals surface area contributed by atoms with Crippen LogP contribution in [0.1, 0.15) is 51.0 Å². The van der Waals surface area contributed by atoms with Crippen LogP contribution in [0.3, 0.4) is 0 Å². The maximum atomic E-state index is 8.36. The zero-order valence-corrected chi connectivity index (χ0v) is 17.2. The molecule has 0 radical (unpaired) electrons. The van der Waals surface area contributed by atoms with Gasteiger partial charge in [-0.1, -0.05) is 80.7 Å². The number of aromatic nitrogens is 1. The zero-order valence-electron chi connectivity index (χ0n) is 16.4. The largest absolute Gasteiger partial charge is 0.491 e. The molecule has 2 N–H and O–H groups in total. The molecule has 2 aromatic carbocycles. The number of rotatable bonds is 11. The van der Waals surface area contributed by atoms with E-state index in [2.05, 4.69) is 24.2 Å². The Morgan fingerprint density at radius 2 is 1.79 bits per heavy atom.